The first-order chi connectivity index (χ1) is 11.4. The molecule has 0 amide bonds. The maximum atomic E-state index is 14.1. The number of aromatic nitrogens is 2. The van der Waals surface area contributed by atoms with Gasteiger partial charge in [0, 0.05) is 17.8 Å². The summed E-state index contributed by atoms with van der Waals surface area (Å²) in [7, 11) is 0. The van der Waals surface area contributed by atoms with E-state index in [4.69, 9.17) is 0 Å². The van der Waals surface area contributed by atoms with Crippen molar-refractivity contribution in [2.75, 3.05) is 0 Å². The number of halogens is 4. The van der Waals surface area contributed by atoms with Gasteiger partial charge in [-0.25, -0.2) is 4.39 Å². The maximum absolute atomic E-state index is 14.1. The first-order valence-electron chi connectivity index (χ1n) is 8.25. The first kappa shape index (κ1) is 20.2. The molecule has 1 aliphatic heterocycles. The normalized spacial score (nSPS) is 15.9. The Morgan fingerprint density at radius 3 is 2.50 bits per heavy atom. The van der Waals surface area contributed by atoms with E-state index in [0.29, 0.717) is 0 Å². The predicted molar refractivity (Wildman–Crippen MR) is 89.2 cm³/mol. The van der Waals surface area contributed by atoms with Gasteiger partial charge < -0.3 is 0 Å². The molecule has 2 heterocycles. The summed E-state index contributed by atoms with van der Waals surface area (Å²) >= 11 is 0. The van der Waals surface area contributed by atoms with Crippen LogP contribution in [0.3, 0.4) is 0 Å². The van der Waals surface area contributed by atoms with Crippen LogP contribution in [0.1, 0.15) is 51.9 Å². The summed E-state index contributed by atoms with van der Waals surface area (Å²) in [6.07, 6.45) is 0.513. The predicted octanol–water partition coefficient (Wildman–Crippen LogP) is 6.01. The van der Waals surface area contributed by atoms with Gasteiger partial charge in [-0.3, -0.25) is 4.68 Å². The Kier molecular flexibility index (Phi) is 7.45. The third-order valence-corrected chi connectivity index (χ3v) is 3.50. The van der Waals surface area contributed by atoms with Crippen LogP contribution in [0.4, 0.5) is 17.6 Å². The van der Waals surface area contributed by atoms with Gasteiger partial charge in [-0.15, -0.1) is 0 Å². The van der Waals surface area contributed by atoms with E-state index in [9.17, 15) is 17.6 Å². The molecule has 0 atom stereocenters. The minimum absolute atomic E-state index is 0.124. The number of allylic oxidation sites excluding steroid dienone is 6. The molecule has 0 saturated carbocycles. The van der Waals surface area contributed by atoms with E-state index in [1.165, 1.54) is 6.92 Å². The summed E-state index contributed by atoms with van der Waals surface area (Å²) in [5.74, 6) is -0.706. The molecule has 0 aromatic carbocycles. The molecule has 24 heavy (non-hydrogen) atoms. The van der Waals surface area contributed by atoms with Crippen LogP contribution >= 0.6 is 0 Å². The molecule has 2 nitrogen and oxygen atoms in total. The Morgan fingerprint density at radius 1 is 1.33 bits per heavy atom. The molecule has 0 unspecified atom stereocenters. The van der Waals surface area contributed by atoms with Gasteiger partial charge >= 0.3 is 6.18 Å². The highest BCUT2D eigenvalue weighted by atomic mass is 19.4. The summed E-state index contributed by atoms with van der Waals surface area (Å²) in [6, 6.07) is 1.67. The maximum Gasteiger partial charge on any atom is 0.416 e. The highest BCUT2D eigenvalue weighted by molar-refractivity contribution is 5.77. The van der Waals surface area contributed by atoms with Crippen LogP contribution in [0.5, 0.6) is 0 Å². The average molecular weight is 344 g/mol. The number of hydrogen-bond donors (Lipinski definition) is 0. The zero-order chi connectivity index (χ0) is 18.3. The van der Waals surface area contributed by atoms with Crippen LogP contribution < -0.4 is 0 Å². The van der Waals surface area contributed by atoms with Crippen LogP contribution in [0.25, 0.3) is 5.57 Å². The fourth-order valence-electron chi connectivity index (χ4n) is 2.44. The van der Waals surface area contributed by atoms with Gasteiger partial charge in [0.05, 0.1) is 11.3 Å². The van der Waals surface area contributed by atoms with Gasteiger partial charge in [0.1, 0.15) is 5.83 Å². The van der Waals surface area contributed by atoms with Crippen molar-refractivity contribution in [2.24, 2.45) is 0 Å². The van der Waals surface area contributed by atoms with E-state index in [0.717, 1.165) is 43.3 Å². The highest BCUT2D eigenvalue weighted by Crippen LogP contribution is 2.33. The van der Waals surface area contributed by atoms with Crippen molar-refractivity contribution in [2.45, 2.75) is 59.7 Å². The number of aryl methyl sites for hydroxylation is 2. The van der Waals surface area contributed by atoms with Gasteiger partial charge in [-0.2, -0.15) is 18.3 Å². The minimum Gasteiger partial charge on any atom is -0.269 e. The number of fused-ring (bicyclic) bond motifs is 1. The quantitative estimate of drug-likeness (QED) is 0.483. The Morgan fingerprint density at radius 2 is 2.00 bits per heavy atom. The lowest BCUT2D eigenvalue weighted by Gasteiger charge is -2.10. The number of nitrogens with zero attached hydrogens (tertiary/aromatic N) is 2. The molecule has 0 spiro atoms. The van der Waals surface area contributed by atoms with Crippen LogP contribution in [0.15, 0.2) is 35.7 Å². The summed E-state index contributed by atoms with van der Waals surface area (Å²) < 4.78 is 54.9. The Balaban J connectivity index is 0.00000139. The fraction of sp³-hybridized carbons (Fsp3) is 0.500. The van der Waals surface area contributed by atoms with Crippen molar-refractivity contribution in [3.63, 3.8) is 0 Å². The molecular weight excluding hydrogens is 320 g/mol. The lowest BCUT2D eigenvalue weighted by atomic mass is 10.0. The van der Waals surface area contributed by atoms with Crippen LogP contribution in [-0.4, -0.2) is 16.0 Å². The topological polar surface area (TPSA) is 17.8 Å². The van der Waals surface area contributed by atoms with E-state index in [-0.39, 0.29) is 17.7 Å². The smallest absolute Gasteiger partial charge is 0.269 e. The number of rotatable bonds is 4. The van der Waals surface area contributed by atoms with Gasteiger partial charge in [0.2, 0.25) is 0 Å². The molecule has 0 saturated heterocycles. The molecule has 134 valence electrons. The summed E-state index contributed by atoms with van der Waals surface area (Å²) in [5, 5.41) is 4.23. The van der Waals surface area contributed by atoms with Crippen LogP contribution in [-0.2, 0) is 13.0 Å². The molecule has 0 fully saturated rings. The molecule has 0 bridgehead atoms. The molecule has 0 radical (unpaired) electrons. The number of hydrogen-bond acceptors (Lipinski definition) is 1. The molecule has 0 N–H and O–H groups in total. The van der Waals surface area contributed by atoms with Gasteiger partial charge in [-0.05, 0) is 38.3 Å². The van der Waals surface area contributed by atoms with Crippen molar-refractivity contribution >= 4 is 5.57 Å². The largest absolute Gasteiger partial charge is 0.416 e. The van der Waals surface area contributed by atoms with E-state index in [1.807, 2.05) is 13.8 Å². The first-order valence-corrected chi connectivity index (χ1v) is 8.25. The average Bonchev–Trinajstić information content (AvgIpc) is 3.13. The Hall–Kier alpha value is -1.85. The summed E-state index contributed by atoms with van der Waals surface area (Å²) in [5.41, 5.74) is 0.200. The lowest BCUT2D eigenvalue weighted by Crippen LogP contribution is -2.10. The second kappa shape index (κ2) is 8.85. The molecular formula is C18H24F4N2. The van der Waals surface area contributed by atoms with Gasteiger partial charge in [-0.1, -0.05) is 32.9 Å². The Labute approximate surface area is 140 Å². The zero-order valence-electron chi connectivity index (χ0n) is 14.5. The van der Waals surface area contributed by atoms with E-state index in [1.54, 1.807) is 17.7 Å². The molecule has 2 rings (SSSR count). The molecule has 1 aromatic rings. The zero-order valence-corrected chi connectivity index (χ0v) is 14.5. The summed E-state index contributed by atoms with van der Waals surface area (Å²) in [6.45, 7) is 7.77. The lowest BCUT2D eigenvalue weighted by molar-refractivity contribution is -0.0883. The van der Waals surface area contributed by atoms with Crippen molar-refractivity contribution in [1.29, 1.82) is 0 Å². The third-order valence-electron chi connectivity index (χ3n) is 3.50. The van der Waals surface area contributed by atoms with E-state index < -0.39 is 17.6 Å². The second-order valence-electron chi connectivity index (χ2n) is 5.11. The van der Waals surface area contributed by atoms with Gasteiger partial charge in [0.25, 0.3) is 0 Å². The second-order valence-corrected chi connectivity index (χ2v) is 5.11. The standard InChI is InChI=1S/C16H18F4N2.C2H6/c1-3-6-11(16(18,19)20)9-13(14(17)4-2)15-10-12-7-5-8-22(12)21-15;1-2/h4,6,9-10H,3,5,7-8H2,1-2H3;1-2H3/b11-6-,13-9+,14-4+;. The monoisotopic (exact) mass is 344 g/mol. The van der Waals surface area contributed by atoms with Crippen LogP contribution in [0.2, 0.25) is 0 Å². The molecule has 1 aromatic heterocycles. The summed E-state index contributed by atoms with van der Waals surface area (Å²) in [4.78, 5) is 0. The molecule has 6 heteroatoms. The number of alkyl halides is 3. The van der Waals surface area contributed by atoms with Crippen molar-refractivity contribution in [3.8, 4) is 0 Å². The van der Waals surface area contributed by atoms with Crippen LogP contribution in [0, 0.1) is 0 Å². The van der Waals surface area contributed by atoms with E-state index in [2.05, 4.69) is 5.10 Å². The fourth-order valence-corrected chi connectivity index (χ4v) is 2.44. The minimum atomic E-state index is -4.52. The third kappa shape index (κ3) is 4.82. The van der Waals surface area contributed by atoms with Crippen molar-refractivity contribution in [3.05, 3.63) is 47.1 Å². The Bertz CT molecular complexity index is 612. The molecule has 0 aliphatic carbocycles. The highest BCUT2D eigenvalue weighted by Gasteiger charge is 2.32. The van der Waals surface area contributed by atoms with E-state index >= 15 is 0 Å². The SMILES string of the molecule is CC.C\C=C(F)/C(=C\C(=C\CC)C(F)(F)F)c1cc2n(n1)CCC2. The van der Waals surface area contributed by atoms with Crippen molar-refractivity contribution < 1.29 is 17.6 Å². The van der Waals surface area contributed by atoms with Gasteiger partial charge in [0.15, 0.2) is 0 Å². The molecule has 1 aliphatic rings. The van der Waals surface area contributed by atoms with Crippen molar-refractivity contribution in [1.82, 2.24) is 9.78 Å².